The van der Waals surface area contributed by atoms with Crippen LogP contribution in [-0.2, 0) is 5.41 Å². The van der Waals surface area contributed by atoms with Gasteiger partial charge in [-0.15, -0.1) is 0 Å². The summed E-state index contributed by atoms with van der Waals surface area (Å²) in [5.74, 6) is 0. The van der Waals surface area contributed by atoms with E-state index in [0.29, 0.717) is 0 Å². The summed E-state index contributed by atoms with van der Waals surface area (Å²) in [6.45, 7) is 11.6. The monoisotopic (exact) mass is 652 g/mol. The number of para-hydroxylation sites is 3. The number of benzene rings is 7. The number of aryl methyl sites for hydroxylation is 3. The van der Waals surface area contributed by atoms with Gasteiger partial charge in [-0.25, -0.2) is 0 Å². The molecule has 0 bridgehead atoms. The molecule has 3 heteroatoms. The van der Waals surface area contributed by atoms with Crippen molar-refractivity contribution in [2.75, 3.05) is 4.81 Å². The summed E-state index contributed by atoms with van der Waals surface area (Å²) in [5, 5.41) is 2.62. The van der Waals surface area contributed by atoms with Gasteiger partial charge in [0.25, 0.3) is 0 Å². The number of hydrogen-bond acceptors (Lipinski definition) is 1. The highest BCUT2D eigenvalue weighted by molar-refractivity contribution is 6.93. The normalized spacial score (nSPS) is 14.5. The Balaban J connectivity index is 1.35. The number of nitrogens with zero attached hydrogens (tertiary/aromatic N) is 2. The summed E-state index contributed by atoms with van der Waals surface area (Å²) < 4.78 is 2.58. The van der Waals surface area contributed by atoms with E-state index in [-0.39, 0.29) is 12.3 Å². The highest BCUT2D eigenvalue weighted by Gasteiger charge is 2.46. The zero-order valence-electron chi connectivity index (χ0n) is 29.7. The van der Waals surface area contributed by atoms with Crippen molar-refractivity contribution in [3.8, 4) is 39.1 Å². The summed E-state index contributed by atoms with van der Waals surface area (Å²) in [6, 6.07) is 50.8. The topological polar surface area (TPSA) is 8.17 Å². The van der Waals surface area contributed by atoms with Crippen LogP contribution in [0.5, 0.6) is 0 Å². The van der Waals surface area contributed by atoms with Crippen LogP contribution in [0.3, 0.4) is 0 Å². The third-order valence-electron chi connectivity index (χ3n) is 12.3. The highest BCUT2D eigenvalue weighted by Crippen LogP contribution is 2.54. The molecular weight excluding hydrogens is 615 g/mol. The maximum absolute atomic E-state index is 2.68. The Bertz CT molecular complexity index is 2810. The molecular formula is C48H37BN2. The second-order valence-electron chi connectivity index (χ2n) is 15.5. The van der Waals surface area contributed by atoms with Crippen LogP contribution >= 0.6 is 0 Å². The van der Waals surface area contributed by atoms with E-state index in [1.165, 1.54) is 111 Å². The number of rotatable bonds is 2. The van der Waals surface area contributed by atoms with Crippen LogP contribution in [-0.4, -0.2) is 11.4 Å². The summed E-state index contributed by atoms with van der Waals surface area (Å²) in [7, 11) is 0. The van der Waals surface area contributed by atoms with Gasteiger partial charge in [0.1, 0.15) is 0 Å². The zero-order chi connectivity index (χ0) is 34.3. The van der Waals surface area contributed by atoms with Crippen molar-refractivity contribution in [2.24, 2.45) is 0 Å². The van der Waals surface area contributed by atoms with Crippen molar-refractivity contribution in [3.05, 3.63) is 161 Å². The second-order valence-corrected chi connectivity index (χ2v) is 15.5. The molecule has 1 aromatic heterocycles. The Labute approximate surface area is 299 Å². The molecule has 0 N–H and O–H groups in total. The molecule has 3 heterocycles. The van der Waals surface area contributed by atoms with E-state index in [0.717, 1.165) is 0 Å². The van der Waals surface area contributed by atoms with Crippen LogP contribution in [0.1, 0.15) is 41.7 Å². The number of fused-ring (bicyclic) bond motifs is 10. The molecule has 2 aliphatic heterocycles. The SMILES string of the molecule is Cc1ccccc1N1B2c3c(cc(-c4c(C)cccc4C)cc3-n3c4ccccc4c4cccc2c43)-c2cc3c(cc21)-c1ccccc1C3(C)C. The molecule has 0 saturated heterocycles. The first-order chi connectivity index (χ1) is 24.8. The van der Waals surface area contributed by atoms with Gasteiger partial charge in [0.05, 0.1) is 11.0 Å². The van der Waals surface area contributed by atoms with E-state index >= 15 is 0 Å². The Kier molecular flexibility index (Phi) is 5.64. The van der Waals surface area contributed by atoms with Crippen molar-refractivity contribution in [2.45, 2.75) is 40.0 Å². The quantitative estimate of drug-likeness (QED) is 0.169. The van der Waals surface area contributed by atoms with Crippen LogP contribution in [0.4, 0.5) is 11.4 Å². The zero-order valence-corrected chi connectivity index (χ0v) is 29.7. The van der Waals surface area contributed by atoms with Crippen LogP contribution in [0.15, 0.2) is 133 Å². The van der Waals surface area contributed by atoms with Gasteiger partial charge in [0.2, 0.25) is 0 Å². The first-order valence-electron chi connectivity index (χ1n) is 18.2. The number of hydrogen-bond donors (Lipinski definition) is 0. The molecule has 0 spiro atoms. The first-order valence-corrected chi connectivity index (χ1v) is 18.2. The standard InChI is InChI=1S/C48H37BN2/c1-28-14-6-10-22-41(28)51-43-27-35-32-17-7-9-20-38(32)48(4,5)39(35)26-36(43)37-24-31(45-29(2)15-12-16-30(45)3)25-44-46(37)49(51)40-21-13-19-34-33-18-8-11-23-42(33)50(44)47(34)40/h6-27H,1-5H3. The van der Waals surface area contributed by atoms with Gasteiger partial charge < -0.3 is 9.38 Å². The van der Waals surface area contributed by atoms with Crippen LogP contribution in [0, 0.1) is 20.8 Å². The van der Waals surface area contributed by atoms with Gasteiger partial charge in [0.15, 0.2) is 0 Å². The lowest BCUT2D eigenvalue weighted by atomic mass is 9.43. The van der Waals surface area contributed by atoms with Gasteiger partial charge >= 0.3 is 6.85 Å². The van der Waals surface area contributed by atoms with Crippen molar-refractivity contribution < 1.29 is 0 Å². The molecule has 0 unspecified atom stereocenters. The third-order valence-corrected chi connectivity index (χ3v) is 12.3. The summed E-state index contributed by atoms with van der Waals surface area (Å²) >= 11 is 0. The minimum Gasteiger partial charge on any atom is -0.376 e. The van der Waals surface area contributed by atoms with Crippen molar-refractivity contribution in [1.82, 2.24) is 4.57 Å². The Morgan fingerprint density at radius 3 is 2.06 bits per heavy atom. The average Bonchev–Trinajstić information content (AvgIpc) is 3.59. The largest absolute Gasteiger partial charge is 0.376 e. The number of aromatic nitrogens is 1. The Morgan fingerprint density at radius 2 is 1.22 bits per heavy atom. The predicted molar refractivity (Wildman–Crippen MR) is 217 cm³/mol. The molecule has 0 radical (unpaired) electrons. The number of anilines is 2. The molecule has 7 aromatic carbocycles. The smallest absolute Gasteiger partial charge is 0.333 e. The average molecular weight is 653 g/mol. The third kappa shape index (κ3) is 3.63. The molecule has 0 atom stereocenters. The fourth-order valence-electron chi connectivity index (χ4n) is 10.1. The molecule has 0 saturated carbocycles. The molecule has 0 amide bonds. The molecule has 3 aliphatic rings. The predicted octanol–water partition coefficient (Wildman–Crippen LogP) is 10.9. The Morgan fingerprint density at radius 1 is 0.510 bits per heavy atom. The first kappa shape index (κ1) is 29.0. The van der Waals surface area contributed by atoms with Gasteiger partial charge in [-0.2, -0.15) is 0 Å². The van der Waals surface area contributed by atoms with E-state index < -0.39 is 0 Å². The van der Waals surface area contributed by atoms with Gasteiger partial charge in [-0.05, 0) is 124 Å². The summed E-state index contributed by atoms with van der Waals surface area (Å²) in [4.78, 5) is 2.68. The van der Waals surface area contributed by atoms with E-state index in [1.54, 1.807) is 0 Å². The highest BCUT2D eigenvalue weighted by atomic mass is 15.1. The fourth-order valence-corrected chi connectivity index (χ4v) is 10.1. The minimum absolute atomic E-state index is 0.00108. The van der Waals surface area contributed by atoms with Gasteiger partial charge in [-0.1, -0.05) is 111 Å². The van der Waals surface area contributed by atoms with Crippen molar-refractivity contribution in [3.63, 3.8) is 0 Å². The van der Waals surface area contributed by atoms with E-state index in [2.05, 4.69) is 177 Å². The van der Waals surface area contributed by atoms with Gasteiger partial charge in [-0.3, -0.25) is 0 Å². The second kappa shape index (κ2) is 9.92. The Hall–Kier alpha value is -5.80. The van der Waals surface area contributed by atoms with Crippen molar-refractivity contribution in [1.29, 1.82) is 0 Å². The van der Waals surface area contributed by atoms with Gasteiger partial charge in [0, 0.05) is 38.8 Å². The van der Waals surface area contributed by atoms with Crippen molar-refractivity contribution >= 4 is 51.0 Å². The molecule has 0 fully saturated rings. The molecule has 2 nitrogen and oxygen atoms in total. The van der Waals surface area contributed by atoms with E-state index in [1.807, 2.05) is 0 Å². The summed E-state index contributed by atoms with van der Waals surface area (Å²) in [6.07, 6.45) is 0. The minimum atomic E-state index is -0.106. The maximum atomic E-state index is 2.68. The van der Waals surface area contributed by atoms with Crippen LogP contribution < -0.4 is 15.7 Å². The lowest BCUT2D eigenvalue weighted by Gasteiger charge is -2.43. The lowest BCUT2D eigenvalue weighted by Crippen LogP contribution is -2.60. The van der Waals surface area contributed by atoms with E-state index in [4.69, 9.17) is 0 Å². The molecule has 11 rings (SSSR count). The van der Waals surface area contributed by atoms with Crippen LogP contribution in [0.2, 0.25) is 0 Å². The van der Waals surface area contributed by atoms with Crippen LogP contribution in [0.25, 0.3) is 60.9 Å². The fraction of sp³-hybridized carbons (Fsp3) is 0.125. The van der Waals surface area contributed by atoms with E-state index in [9.17, 15) is 0 Å². The molecule has 242 valence electrons. The maximum Gasteiger partial charge on any atom is 0.333 e. The molecule has 8 aromatic rings. The molecule has 1 aliphatic carbocycles. The molecule has 51 heavy (non-hydrogen) atoms. The lowest BCUT2D eigenvalue weighted by molar-refractivity contribution is 0.660. The summed E-state index contributed by atoms with van der Waals surface area (Å²) in [5.41, 5.74) is 23.7.